The molecule has 1 fully saturated rings. The molecule has 1 amide bonds. The molecule has 0 aromatic heterocycles. The maximum Gasteiger partial charge on any atom is 0.260 e. The molecule has 0 spiro atoms. The highest BCUT2D eigenvalue weighted by molar-refractivity contribution is 5.80. The van der Waals surface area contributed by atoms with Crippen molar-refractivity contribution in [3.63, 3.8) is 0 Å². The van der Waals surface area contributed by atoms with Crippen molar-refractivity contribution in [3.8, 4) is 5.75 Å². The monoisotopic (exact) mass is 263 g/mol. The van der Waals surface area contributed by atoms with Crippen LogP contribution < -0.4 is 10.1 Å². The standard InChI is InChI=1S/C15H21NO3/c1-11-6-3-4-8-14(11)19-12(2)15(17)16-10-13-7-5-9-18-13/h3-4,6,8,12-13H,5,7,9-10H2,1-2H3,(H,16,17)/t12-,13-/m0/s1. The Morgan fingerprint density at radius 2 is 2.32 bits per heavy atom. The number of benzene rings is 1. The van der Waals surface area contributed by atoms with Crippen LogP contribution >= 0.6 is 0 Å². The fourth-order valence-corrected chi connectivity index (χ4v) is 2.10. The quantitative estimate of drug-likeness (QED) is 0.884. The second kappa shape index (κ2) is 6.57. The molecule has 104 valence electrons. The van der Waals surface area contributed by atoms with E-state index < -0.39 is 6.10 Å². The number of ether oxygens (including phenoxy) is 2. The largest absolute Gasteiger partial charge is 0.481 e. The van der Waals surface area contributed by atoms with Crippen molar-refractivity contribution < 1.29 is 14.3 Å². The molecule has 1 aliphatic heterocycles. The molecule has 0 aliphatic carbocycles. The number of rotatable bonds is 5. The number of carbonyl (C=O) groups excluding carboxylic acids is 1. The average Bonchev–Trinajstić information content (AvgIpc) is 2.91. The SMILES string of the molecule is Cc1ccccc1O[C@@H](C)C(=O)NC[C@@H]1CCCO1. The Bertz CT molecular complexity index is 427. The van der Waals surface area contributed by atoms with E-state index >= 15 is 0 Å². The number of nitrogens with one attached hydrogen (secondary N) is 1. The van der Waals surface area contributed by atoms with Gasteiger partial charge in [-0.15, -0.1) is 0 Å². The molecular formula is C15H21NO3. The molecule has 1 saturated heterocycles. The zero-order valence-corrected chi connectivity index (χ0v) is 11.5. The van der Waals surface area contributed by atoms with Crippen LogP contribution in [0.4, 0.5) is 0 Å². The van der Waals surface area contributed by atoms with Gasteiger partial charge in [-0.05, 0) is 38.3 Å². The zero-order valence-electron chi connectivity index (χ0n) is 11.5. The molecule has 0 unspecified atom stereocenters. The van der Waals surface area contributed by atoms with Gasteiger partial charge in [0.1, 0.15) is 5.75 Å². The van der Waals surface area contributed by atoms with Crippen LogP contribution in [-0.4, -0.2) is 31.3 Å². The summed E-state index contributed by atoms with van der Waals surface area (Å²) in [6.45, 7) is 5.10. The van der Waals surface area contributed by atoms with Crippen molar-refractivity contribution in [3.05, 3.63) is 29.8 Å². The van der Waals surface area contributed by atoms with Crippen molar-refractivity contribution >= 4 is 5.91 Å². The minimum Gasteiger partial charge on any atom is -0.481 e. The van der Waals surface area contributed by atoms with E-state index in [4.69, 9.17) is 9.47 Å². The lowest BCUT2D eigenvalue weighted by Gasteiger charge is -2.17. The first-order chi connectivity index (χ1) is 9.16. The Labute approximate surface area is 114 Å². The minimum absolute atomic E-state index is 0.0984. The molecule has 1 aromatic rings. The molecule has 1 aliphatic rings. The van der Waals surface area contributed by atoms with E-state index in [1.54, 1.807) is 6.92 Å². The third-order valence-electron chi connectivity index (χ3n) is 3.29. The van der Waals surface area contributed by atoms with E-state index in [0.717, 1.165) is 30.8 Å². The van der Waals surface area contributed by atoms with Gasteiger partial charge in [0.25, 0.3) is 5.91 Å². The maximum absolute atomic E-state index is 11.9. The van der Waals surface area contributed by atoms with E-state index in [2.05, 4.69) is 5.32 Å². The summed E-state index contributed by atoms with van der Waals surface area (Å²) in [5.41, 5.74) is 1.03. The van der Waals surface area contributed by atoms with Crippen LogP contribution in [0.2, 0.25) is 0 Å². The van der Waals surface area contributed by atoms with Crippen LogP contribution in [0.5, 0.6) is 5.75 Å². The highest BCUT2D eigenvalue weighted by Crippen LogP contribution is 2.17. The smallest absolute Gasteiger partial charge is 0.260 e. The van der Waals surface area contributed by atoms with Crippen molar-refractivity contribution in [1.29, 1.82) is 0 Å². The van der Waals surface area contributed by atoms with Gasteiger partial charge in [0.2, 0.25) is 0 Å². The average molecular weight is 263 g/mol. The number of amides is 1. The number of hydrogen-bond acceptors (Lipinski definition) is 3. The number of hydrogen-bond donors (Lipinski definition) is 1. The first kappa shape index (κ1) is 13.9. The van der Waals surface area contributed by atoms with E-state index in [-0.39, 0.29) is 12.0 Å². The summed E-state index contributed by atoms with van der Waals surface area (Å²) >= 11 is 0. The Morgan fingerprint density at radius 1 is 1.53 bits per heavy atom. The lowest BCUT2D eigenvalue weighted by molar-refractivity contribution is -0.127. The minimum atomic E-state index is -0.498. The Kier molecular flexibility index (Phi) is 4.80. The van der Waals surface area contributed by atoms with Gasteiger partial charge in [-0.25, -0.2) is 0 Å². The first-order valence-electron chi connectivity index (χ1n) is 6.78. The highest BCUT2D eigenvalue weighted by atomic mass is 16.5. The summed E-state index contributed by atoms with van der Waals surface area (Å²) in [5.74, 6) is 0.654. The second-order valence-electron chi connectivity index (χ2n) is 4.91. The molecule has 1 heterocycles. The van der Waals surface area contributed by atoms with Gasteiger partial charge < -0.3 is 14.8 Å². The molecule has 4 nitrogen and oxygen atoms in total. The van der Waals surface area contributed by atoms with Gasteiger partial charge in [0, 0.05) is 13.2 Å². The molecular weight excluding hydrogens is 242 g/mol. The van der Waals surface area contributed by atoms with Gasteiger partial charge in [-0.1, -0.05) is 18.2 Å². The van der Waals surface area contributed by atoms with Crippen molar-refractivity contribution in [2.24, 2.45) is 0 Å². The fourth-order valence-electron chi connectivity index (χ4n) is 2.10. The van der Waals surface area contributed by atoms with E-state index in [0.29, 0.717) is 6.54 Å². The molecule has 2 rings (SSSR count). The van der Waals surface area contributed by atoms with E-state index in [9.17, 15) is 4.79 Å². The lowest BCUT2D eigenvalue weighted by Crippen LogP contribution is -2.40. The summed E-state index contributed by atoms with van der Waals surface area (Å²) in [5, 5.41) is 2.88. The van der Waals surface area contributed by atoms with Crippen molar-refractivity contribution in [1.82, 2.24) is 5.32 Å². The second-order valence-corrected chi connectivity index (χ2v) is 4.91. The molecule has 0 radical (unpaired) electrons. The molecule has 0 saturated carbocycles. The first-order valence-corrected chi connectivity index (χ1v) is 6.78. The van der Waals surface area contributed by atoms with Crippen molar-refractivity contribution in [2.75, 3.05) is 13.2 Å². The van der Waals surface area contributed by atoms with Gasteiger partial charge in [0.05, 0.1) is 6.10 Å². The number of para-hydroxylation sites is 1. The fraction of sp³-hybridized carbons (Fsp3) is 0.533. The van der Waals surface area contributed by atoms with Crippen LogP contribution in [0.25, 0.3) is 0 Å². The van der Waals surface area contributed by atoms with E-state index in [1.807, 2.05) is 31.2 Å². The predicted octanol–water partition coefficient (Wildman–Crippen LogP) is 2.06. The topological polar surface area (TPSA) is 47.6 Å². The molecule has 0 bridgehead atoms. The normalized spacial score (nSPS) is 20.0. The highest BCUT2D eigenvalue weighted by Gasteiger charge is 2.19. The lowest BCUT2D eigenvalue weighted by atomic mass is 10.2. The molecule has 2 atom stereocenters. The van der Waals surface area contributed by atoms with Gasteiger partial charge in [-0.2, -0.15) is 0 Å². The van der Waals surface area contributed by atoms with Crippen LogP contribution in [0.1, 0.15) is 25.3 Å². The molecule has 19 heavy (non-hydrogen) atoms. The third-order valence-corrected chi connectivity index (χ3v) is 3.29. The third kappa shape index (κ3) is 3.96. The summed E-state index contributed by atoms with van der Waals surface area (Å²) in [7, 11) is 0. The Hall–Kier alpha value is -1.55. The van der Waals surface area contributed by atoms with Gasteiger partial charge in [-0.3, -0.25) is 4.79 Å². The summed E-state index contributed by atoms with van der Waals surface area (Å²) < 4.78 is 11.1. The van der Waals surface area contributed by atoms with Crippen LogP contribution in [0, 0.1) is 6.92 Å². The summed E-state index contributed by atoms with van der Waals surface area (Å²) in [6, 6.07) is 7.69. The summed E-state index contributed by atoms with van der Waals surface area (Å²) in [6.07, 6.45) is 1.76. The van der Waals surface area contributed by atoms with Crippen molar-refractivity contribution in [2.45, 2.75) is 38.9 Å². The summed E-state index contributed by atoms with van der Waals surface area (Å²) in [4.78, 5) is 11.9. The van der Waals surface area contributed by atoms with Gasteiger partial charge >= 0.3 is 0 Å². The number of carbonyl (C=O) groups is 1. The maximum atomic E-state index is 11.9. The Morgan fingerprint density at radius 3 is 3.00 bits per heavy atom. The molecule has 1 N–H and O–H groups in total. The predicted molar refractivity (Wildman–Crippen MR) is 73.3 cm³/mol. The Balaban J connectivity index is 1.80. The molecule has 4 heteroatoms. The van der Waals surface area contributed by atoms with Crippen LogP contribution in [-0.2, 0) is 9.53 Å². The van der Waals surface area contributed by atoms with Crippen LogP contribution in [0.15, 0.2) is 24.3 Å². The van der Waals surface area contributed by atoms with Gasteiger partial charge in [0.15, 0.2) is 6.10 Å². The zero-order chi connectivity index (χ0) is 13.7. The van der Waals surface area contributed by atoms with Crippen LogP contribution in [0.3, 0.4) is 0 Å². The van der Waals surface area contributed by atoms with E-state index in [1.165, 1.54) is 0 Å². The number of aryl methyl sites for hydroxylation is 1. The molecule has 1 aromatic carbocycles.